The fourth-order valence-electron chi connectivity index (χ4n) is 4.04. The molecule has 162 valence electrons. The maximum Gasteiger partial charge on any atom is 0.266 e. The first-order valence-corrected chi connectivity index (χ1v) is 11.7. The molecule has 0 atom stereocenters. The molecule has 1 aliphatic heterocycles. The van der Waals surface area contributed by atoms with Gasteiger partial charge in [0, 0.05) is 5.69 Å². The molecule has 0 unspecified atom stereocenters. The minimum Gasteiger partial charge on any atom is -0.325 e. The zero-order valence-corrected chi connectivity index (χ0v) is 19.5. The number of thioether (sulfide) groups is 1. The van der Waals surface area contributed by atoms with Crippen LogP contribution in [-0.2, 0) is 9.59 Å². The van der Waals surface area contributed by atoms with E-state index in [1.807, 2.05) is 61.5 Å². The molecular formula is C27H20N2O2S2. The molecule has 4 aromatic rings. The second-order valence-electron chi connectivity index (χ2n) is 7.92. The lowest BCUT2D eigenvalue weighted by Gasteiger charge is -2.14. The number of hydrogen-bond donors (Lipinski definition) is 1. The summed E-state index contributed by atoms with van der Waals surface area (Å²) in [6, 6.07) is 26.0. The summed E-state index contributed by atoms with van der Waals surface area (Å²) in [6.45, 7) is 1.84. The van der Waals surface area contributed by atoms with Crippen LogP contribution in [0.1, 0.15) is 11.1 Å². The summed E-state index contributed by atoms with van der Waals surface area (Å²) in [6.07, 6.45) is 1.91. The van der Waals surface area contributed by atoms with E-state index in [4.69, 9.17) is 12.2 Å². The molecule has 0 radical (unpaired) electrons. The number of hydrogen-bond acceptors (Lipinski definition) is 4. The maximum atomic E-state index is 13.2. The number of benzene rings is 4. The molecule has 2 amide bonds. The third-order valence-electron chi connectivity index (χ3n) is 5.57. The summed E-state index contributed by atoms with van der Waals surface area (Å²) in [7, 11) is 0. The molecule has 1 heterocycles. The molecule has 0 spiro atoms. The summed E-state index contributed by atoms with van der Waals surface area (Å²) in [4.78, 5) is 27.7. The fraction of sp³-hybridized carbons (Fsp3) is 0.0741. The van der Waals surface area contributed by atoms with E-state index in [1.165, 1.54) is 16.7 Å². The number of carbonyl (C=O) groups is 2. The van der Waals surface area contributed by atoms with E-state index < -0.39 is 0 Å². The Bertz CT molecular complexity index is 1420. The van der Waals surface area contributed by atoms with Crippen LogP contribution in [0.4, 0.5) is 5.69 Å². The van der Waals surface area contributed by atoms with Crippen LogP contribution in [0, 0.1) is 6.92 Å². The lowest BCUT2D eigenvalue weighted by molar-refractivity contribution is -0.126. The van der Waals surface area contributed by atoms with Crippen molar-refractivity contribution in [2.24, 2.45) is 0 Å². The average Bonchev–Trinajstić information content (AvgIpc) is 3.06. The lowest BCUT2D eigenvalue weighted by Crippen LogP contribution is -2.36. The van der Waals surface area contributed by atoms with Crippen molar-refractivity contribution in [3.63, 3.8) is 0 Å². The highest BCUT2D eigenvalue weighted by molar-refractivity contribution is 8.26. The van der Waals surface area contributed by atoms with Gasteiger partial charge in [-0.1, -0.05) is 84.6 Å². The van der Waals surface area contributed by atoms with Crippen LogP contribution in [0.2, 0.25) is 0 Å². The first kappa shape index (κ1) is 21.4. The van der Waals surface area contributed by atoms with Gasteiger partial charge in [-0.15, -0.1) is 0 Å². The van der Waals surface area contributed by atoms with Gasteiger partial charge >= 0.3 is 0 Å². The molecular weight excluding hydrogens is 448 g/mol. The molecule has 1 fully saturated rings. The Morgan fingerprint density at radius 3 is 2.30 bits per heavy atom. The van der Waals surface area contributed by atoms with E-state index in [2.05, 4.69) is 35.6 Å². The minimum absolute atomic E-state index is 0.119. The van der Waals surface area contributed by atoms with E-state index >= 15 is 0 Å². The highest BCUT2D eigenvalue weighted by Crippen LogP contribution is 2.36. The number of fused-ring (bicyclic) bond motifs is 2. The van der Waals surface area contributed by atoms with E-state index in [1.54, 1.807) is 0 Å². The molecule has 0 aliphatic carbocycles. The number of nitrogens with one attached hydrogen (secondary N) is 1. The Morgan fingerprint density at radius 2 is 1.64 bits per heavy atom. The Labute approximate surface area is 201 Å². The van der Waals surface area contributed by atoms with Crippen LogP contribution in [0.5, 0.6) is 0 Å². The van der Waals surface area contributed by atoms with Crippen LogP contribution >= 0.6 is 24.0 Å². The summed E-state index contributed by atoms with van der Waals surface area (Å²) in [5.74, 6) is -0.532. The van der Waals surface area contributed by atoms with Crippen molar-refractivity contribution in [2.75, 3.05) is 11.9 Å². The number of carbonyl (C=O) groups excluding carboxylic acids is 2. The van der Waals surface area contributed by atoms with Crippen molar-refractivity contribution in [1.82, 2.24) is 4.90 Å². The van der Waals surface area contributed by atoms with Crippen LogP contribution in [0.25, 0.3) is 27.6 Å². The third-order valence-corrected chi connectivity index (χ3v) is 6.94. The number of nitrogens with zero attached hydrogens (tertiary/aromatic N) is 1. The summed E-state index contributed by atoms with van der Waals surface area (Å²) >= 11 is 6.69. The van der Waals surface area contributed by atoms with Crippen molar-refractivity contribution in [1.29, 1.82) is 0 Å². The maximum absolute atomic E-state index is 13.2. The molecule has 1 N–H and O–H groups in total. The van der Waals surface area contributed by atoms with Gasteiger partial charge in [-0.3, -0.25) is 14.5 Å². The zero-order valence-electron chi connectivity index (χ0n) is 17.9. The van der Waals surface area contributed by atoms with Gasteiger partial charge in [0.25, 0.3) is 5.91 Å². The molecule has 5 rings (SSSR count). The normalized spacial score (nSPS) is 15.1. The van der Waals surface area contributed by atoms with Gasteiger partial charge < -0.3 is 5.32 Å². The van der Waals surface area contributed by atoms with Gasteiger partial charge in [-0.2, -0.15) is 0 Å². The van der Waals surface area contributed by atoms with Gasteiger partial charge in [-0.25, -0.2) is 0 Å². The highest BCUT2D eigenvalue weighted by Gasteiger charge is 2.33. The number of anilines is 1. The van der Waals surface area contributed by atoms with Crippen LogP contribution in [-0.4, -0.2) is 27.6 Å². The lowest BCUT2D eigenvalue weighted by atomic mass is 9.96. The van der Waals surface area contributed by atoms with Crippen molar-refractivity contribution in [3.8, 4) is 0 Å². The highest BCUT2D eigenvalue weighted by atomic mass is 32.2. The molecule has 33 heavy (non-hydrogen) atoms. The Morgan fingerprint density at radius 1 is 0.970 bits per heavy atom. The van der Waals surface area contributed by atoms with E-state index in [0.717, 1.165) is 32.7 Å². The number of amides is 2. The predicted octanol–water partition coefficient (Wildman–Crippen LogP) is 6.14. The first-order chi connectivity index (χ1) is 16.0. The average molecular weight is 469 g/mol. The molecule has 4 nitrogen and oxygen atoms in total. The van der Waals surface area contributed by atoms with Gasteiger partial charge in [0.1, 0.15) is 10.9 Å². The SMILES string of the molecule is Cc1cccc(NC(=O)CN2C(=O)/C(=C/c3c4ccccc4cc4ccccc34)SC2=S)c1. The van der Waals surface area contributed by atoms with Crippen LogP contribution in [0.15, 0.2) is 83.8 Å². The minimum atomic E-state index is -0.284. The standard InChI is InChI=1S/C27H20N2O2S2/c1-17-7-6-10-20(13-17)28-25(30)16-29-26(31)24(33-27(29)32)15-23-21-11-4-2-8-18(21)14-19-9-3-5-12-22(19)23/h2-15H,16H2,1H3,(H,28,30)/b24-15-. The topological polar surface area (TPSA) is 49.4 Å². The second-order valence-corrected chi connectivity index (χ2v) is 9.59. The fourth-order valence-corrected chi connectivity index (χ4v) is 5.28. The molecule has 1 saturated heterocycles. The Hall–Kier alpha value is -3.48. The number of aryl methyl sites for hydroxylation is 1. The molecule has 6 heteroatoms. The van der Waals surface area contributed by atoms with E-state index in [-0.39, 0.29) is 18.4 Å². The largest absolute Gasteiger partial charge is 0.325 e. The van der Waals surface area contributed by atoms with Gasteiger partial charge in [0.15, 0.2) is 0 Å². The van der Waals surface area contributed by atoms with E-state index in [0.29, 0.717) is 14.9 Å². The molecule has 1 aliphatic rings. The summed E-state index contributed by atoms with van der Waals surface area (Å²) < 4.78 is 0.384. The third kappa shape index (κ3) is 4.27. The monoisotopic (exact) mass is 468 g/mol. The van der Waals surface area contributed by atoms with Crippen molar-refractivity contribution in [2.45, 2.75) is 6.92 Å². The molecule has 0 aromatic heterocycles. The second kappa shape index (κ2) is 8.81. The Kier molecular flexibility index (Phi) is 5.70. The van der Waals surface area contributed by atoms with E-state index in [9.17, 15) is 9.59 Å². The predicted molar refractivity (Wildman–Crippen MR) is 141 cm³/mol. The quantitative estimate of drug-likeness (QED) is 0.222. The zero-order chi connectivity index (χ0) is 22.9. The smallest absolute Gasteiger partial charge is 0.266 e. The van der Waals surface area contributed by atoms with Gasteiger partial charge in [-0.05, 0) is 63.9 Å². The summed E-state index contributed by atoms with van der Waals surface area (Å²) in [5, 5.41) is 7.19. The molecule has 4 aromatic carbocycles. The number of rotatable bonds is 4. The Balaban J connectivity index is 1.46. The molecule has 0 saturated carbocycles. The number of thiocarbonyl (C=S) groups is 1. The molecule has 0 bridgehead atoms. The van der Waals surface area contributed by atoms with Crippen molar-refractivity contribution >= 4 is 73.4 Å². The van der Waals surface area contributed by atoms with Gasteiger partial charge in [0.2, 0.25) is 5.91 Å². The summed E-state index contributed by atoms with van der Waals surface area (Å²) in [5.41, 5.74) is 2.72. The van der Waals surface area contributed by atoms with Crippen LogP contribution < -0.4 is 5.32 Å². The van der Waals surface area contributed by atoms with Crippen LogP contribution in [0.3, 0.4) is 0 Å². The van der Waals surface area contributed by atoms with Crippen molar-refractivity contribution in [3.05, 3.63) is 94.9 Å². The van der Waals surface area contributed by atoms with Gasteiger partial charge in [0.05, 0.1) is 4.91 Å². The first-order valence-electron chi connectivity index (χ1n) is 10.5. The van der Waals surface area contributed by atoms with Crippen molar-refractivity contribution < 1.29 is 9.59 Å².